The number of likely N-dealkylation sites (tertiary alicyclic amines) is 1. The normalized spacial score (nSPS) is 14.8. The van der Waals surface area contributed by atoms with Crippen LogP contribution in [0.1, 0.15) is 29.6 Å². The zero-order valence-corrected chi connectivity index (χ0v) is 15.4. The number of rotatable bonds is 4. The second-order valence-corrected chi connectivity index (χ2v) is 6.87. The Hall–Kier alpha value is -3.23. The van der Waals surface area contributed by atoms with Gasteiger partial charge in [0.25, 0.3) is 5.91 Å². The number of aromatic amines is 1. The van der Waals surface area contributed by atoms with Crippen molar-refractivity contribution >= 4 is 28.6 Å². The van der Waals surface area contributed by atoms with Gasteiger partial charge in [-0.2, -0.15) is 0 Å². The van der Waals surface area contributed by atoms with Crippen molar-refractivity contribution in [3.05, 3.63) is 48.0 Å². The molecule has 0 unspecified atom stereocenters. The van der Waals surface area contributed by atoms with E-state index in [1.165, 1.54) is 24.3 Å². The van der Waals surface area contributed by atoms with Crippen LogP contribution in [0.5, 0.6) is 5.75 Å². The molecule has 2 N–H and O–H groups in total. The number of H-pyrrole nitrogens is 1. The number of hydrogen-bond acceptors (Lipinski definition) is 4. The number of nitrogens with one attached hydrogen (secondary N) is 2. The number of anilines is 2. The zero-order chi connectivity index (χ0) is 20.4. The lowest BCUT2D eigenvalue weighted by Crippen LogP contribution is -2.35. The number of hydrogen-bond donors (Lipinski definition) is 2. The number of carbonyl (C=O) groups is 1. The highest BCUT2D eigenvalue weighted by Gasteiger charge is 2.31. The molecule has 1 aliphatic rings. The van der Waals surface area contributed by atoms with Gasteiger partial charge in [0.15, 0.2) is 0 Å². The first-order valence-corrected chi connectivity index (χ1v) is 9.29. The summed E-state index contributed by atoms with van der Waals surface area (Å²) in [6, 6.07) is 10.6. The fraction of sp³-hybridized carbons (Fsp3) is 0.300. The minimum absolute atomic E-state index is 0.0102. The fourth-order valence-electron chi connectivity index (χ4n) is 3.36. The molecule has 0 radical (unpaired) electrons. The number of piperidine rings is 1. The molecule has 1 amide bonds. The Morgan fingerprint density at radius 3 is 2.48 bits per heavy atom. The summed E-state index contributed by atoms with van der Waals surface area (Å²) >= 11 is 0. The highest BCUT2D eigenvalue weighted by Crippen LogP contribution is 2.26. The van der Waals surface area contributed by atoms with Crippen LogP contribution in [-0.2, 0) is 0 Å². The minimum atomic E-state index is -4.73. The van der Waals surface area contributed by atoms with Crippen LogP contribution >= 0.6 is 0 Å². The standard InChI is InChI=1S/C20H19F3N4O2/c21-20(22,23)29-15-7-5-14(6-8-15)24-19-25-16-9-4-13(12-17(16)26-19)18(28)27-10-2-1-3-11-27/h4-9,12H,1-3,10-11H2,(H2,24,25,26). The van der Waals surface area contributed by atoms with E-state index in [-0.39, 0.29) is 11.7 Å². The molecule has 0 aliphatic carbocycles. The number of ether oxygens (including phenoxy) is 1. The maximum Gasteiger partial charge on any atom is 0.573 e. The third-order valence-corrected chi connectivity index (χ3v) is 4.72. The monoisotopic (exact) mass is 404 g/mol. The maximum atomic E-state index is 12.7. The number of nitrogens with zero attached hydrogens (tertiary/aromatic N) is 2. The van der Waals surface area contributed by atoms with E-state index in [4.69, 9.17) is 0 Å². The van der Waals surface area contributed by atoms with Gasteiger partial charge in [-0.3, -0.25) is 4.79 Å². The average molecular weight is 404 g/mol. The minimum Gasteiger partial charge on any atom is -0.406 e. The summed E-state index contributed by atoms with van der Waals surface area (Å²) in [5.41, 5.74) is 2.53. The van der Waals surface area contributed by atoms with Crippen LogP contribution in [0, 0.1) is 0 Å². The van der Waals surface area contributed by atoms with Gasteiger partial charge in [0.2, 0.25) is 5.95 Å². The van der Waals surface area contributed by atoms with Crippen molar-refractivity contribution < 1.29 is 22.7 Å². The molecule has 0 spiro atoms. The number of carbonyl (C=O) groups excluding carboxylic acids is 1. The molecule has 0 saturated carbocycles. The highest BCUT2D eigenvalue weighted by atomic mass is 19.4. The number of fused-ring (bicyclic) bond motifs is 1. The molecule has 4 rings (SSSR count). The molecule has 0 bridgehead atoms. The number of imidazole rings is 1. The molecule has 29 heavy (non-hydrogen) atoms. The van der Waals surface area contributed by atoms with Crippen LogP contribution in [0.2, 0.25) is 0 Å². The Bertz CT molecular complexity index is 1010. The molecule has 1 saturated heterocycles. The van der Waals surface area contributed by atoms with Gasteiger partial charge in [0.1, 0.15) is 5.75 Å². The van der Waals surface area contributed by atoms with Crippen LogP contribution in [0.15, 0.2) is 42.5 Å². The van der Waals surface area contributed by atoms with E-state index < -0.39 is 6.36 Å². The largest absolute Gasteiger partial charge is 0.573 e. The Morgan fingerprint density at radius 2 is 1.79 bits per heavy atom. The van der Waals surface area contributed by atoms with Crippen molar-refractivity contribution in [2.24, 2.45) is 0 Å². The van der Waals surface area contributed by atoms with E-state index in [9.17, 15) is 18.0 Å². The average Bonchev–Trinajstić information content (AvgIpc) is 3.10. The summed E-state index contributed by atoms with van der Waals surface area (Å²) in [6.07, 6.45) is -1.52. The Kier molecular flexibility index (Phi) is 5.04. The molecule has 6 nitrogen and oxygen atoms in total. The zero-order valence-electron chi connectivity index (χ0n) is 15.4. The predicted octanol–water partition coefficient (Wildman–Crippen LogP) is 4.83. The van der Waals surface area contributed by atoms with Gasteiger partial charge in [-0.15, -0.1) is 13.2 Å². The van der Waals surface area contributed by atoms with Crippen molar-refractivity contribution in [2.75, 3.05) is 18.4 Å². The number of amides is 1. The number of benzene rings is 2. The lowest BCUT2D eigenvalue weighted by Gasteiger charge is -2.26. The topological polar surface area (TPSA) is 70.2 Å². The molecular formula is C20H19F3N4O2. The summed E-state index contributed by atoms with van der Waals surface area (Å²) in [5, 5.41) is 3.00. The summed E-state index contributed by atoms with van der Waals surface area (Å²) in [6.45, 7) is 1.56. The fourth-order valence-corrected chi connectivity index (χ4v) is 3.36. The molecule has 152 valence electrons. The first kappa shape index (κ1) is 19.1. The van der Waals surface area contributed by atoms with Gasteiger partial charge in [-0.05, 0) is 61.7 Å². The second-order valence-electron chi connectivity index (χ2n) is 6.87. The van der Waals surface area contributed by atoms with Crippen molar-refractivity contribution in [1.29, 1.82) is 0 Å². The predicted molar refractivity (Wildman–Crippen MR) is 102 cm³/mol. The smallest absolute Gasteiger partial charge is 0.406 e. The molecule has 2 heterocycles. The van der Waals surface area contributed by atoms with Crippen molar-refractivity contribution in [1.82, 2.24) is 14.9 Å². The van der Waals surface area contributed by atoms with Gasteiger partial charge in [0.05, 0.1) is 11.0 Å². The van der Waals surface area contributed by atoms with E-state index >= 15 is 0 Å². The Balaban J connectivity index is 1.48. The van der Waals surface area contributed by atoms with Gasteiger partial charge in [-0.25, -0.2) is 4.98 Å². The van der Waals surface area contributed by atoms with E-state index in [2.05, 4.69) is 20.0 Å². The molecule has 1 aromatic heterocycles. The Morgan fingerprint density at radius 1 is 1.07 bits per heavy atom. The lowest BCUT2D eigenvalue weighted by molar-refractivity contribution is -0.274. The van der Waals surface area contributed by atoms with Crippen LogP contribution in [0.25, 0.3) is 11.0 Å². The molecule has 1 aliphatic heterocycles. The summed E-state index contributed by atoms with van der Waals surface area (Å²) in [4.78, 5) is 22.0. The van der Waals surface area contributed by atoms with E-state index in [1.807, 2.05) is 4.90 Å². The highest BCUT2D eigenvalue weighted by molar-refractivity contribution is 5.97. The third kappa shape index (κ3) is 4.61. The summed E-state index contributed by atoms with van der Waals surface area (Å²) in [5.74, 6) is 0.136. The molecular weight excluding hydrogens is 385 g/mol. The molecule has 9 heteroatoms. The Labute approximate surface area is 164 Å². The van der Waals surface area contributed by atoms with Crippen LogP contribution in [0.3, 0.4) is 0 Å². The SMILES string of the molecule is O=C(c1ccc2nc(Nc3ccc(OC(F)(F)F)cc3)[nH]c2c1)N1CCCCC1. The van der Waals surface area contributed by atoms with Crippen LogP contribution in [-0.4, -0.2) is 40.2 Å². The first-order valence-electron chi connectivity index (χ1n) is 9.29. The second kappa shape index (κ2) is 7.65. The summed E-state index contributed by atoms with van der Waals surface area (Å²) in [7, 11) is 0. The summed E-state index contributed by atoms with van der Waals surface area (Å²) < 4.78 is 40.6. The van der Waals surface area contributed by atoms with Gasteiger partial charge in [0, 0.05) is 24.3 Å². The third-order valence-electron chi connectivity index (χ3n) is 4.72. The molecule has 0 atom stereocenters. The van der Waals surface area contributed by atoms with Crippen molar-refractivity contribution in [3.8, 4) is 5.75 Å². The van der Waals surface area contributed by atoms with E-state index in [1.54, 1.807) is 18.2 Å². The number of halogens is 3. The van der Waals surface area contributed by atoms with Crippen molar-refractivity contribution in [3.63, 3.8) is 0 Å². The van der Waals surface area contributed by atoms with Gasteiger partial charge < -0.3 is 19.9 Å². The molecule has 1 fully saturated rings. The first-order chi connectivity index (χ1) is 13.9. The van der Waals surface area contributed by atoms with Gasteiger partial charge >= 0.3 is 6.36 Å². The quantitative estimate of drug-likeness (QED) is 0.653. The lowest BCUT2D eigenvalue weighted by atomic mass is 10.1. The molecule has 2 aromatic carbocycles. The van der Waals surface area contributed by atoms with Crippen molar-refractivity contribution in [2.45, 2.75) is 25.6 Å². The molecule has 3 aromatic rings. The number of aromatic nitrogens is 2. The maximum absolute atomic E-state index is 12.7. The van der Waals surface area contributed by atoms with Crippen LogP contribution in [0.4, 0.5) is 24.8 Å². The number of alkyl halides is 3. The van der Waals surface area contributed by atoms with Crippen LogP contribution < -0.4 is 10.1 Å². The van der Waals surface area contributed by atoms with Gasteiger partial charge in [-0.1, -0.05) is 0 Å². The van der Waals surface area contributed by atoms with E-state index in [0.717, 1.165) is 32.4 Å². The van der Waals surface area contributed by atoms with E-state index in [0.29, 0.717) is 28.2 Å².